The summed E-state index contributed by atoms with van der Waals surface area (Å²) in [4.78, 5) is 21.1. The predicted octanol–water partition coefficient (Wildman–Crippen LogP) is 2.20. The standard InChI is InChI=1S/C16H22ClN3O2/c1-12-13(4-3-11-22-12)16(21)20-9-7-19(8-10-20)15-14(17)5-2-6-18-15/h2,5-6,12-13H,3-4,7-11H2,1H3/t12-,13+/m0/s1. The highest BCUT2D eigenvalue weighted by Gasteiger charge is 2.33. The molecular formula is C16H22ClN3O2. The molecule has 0 unspecified atom stereocenters. The molecule has 0 aliphatic carbocycles. The maximum Gasteiger partial charge on any atom is 0.228 e. The van der Waals surface area contributed by atoms with Gasteiger partial charge < -0.3 is 14.5 Å². The molecule has 3 heterocycles. The van der Waals surface area contributed by atoms with Crippen LogP contribution < -0.4 is 4.90 Å². The Balaban J connectivity index is 1.59. The number of hydrogen-bond donors (Lipinski definition) is 0. The van der Waals surface area contributed by atoms with Crippen LogP contribution in [0.3, 0.4) is 0 Å². The van der Waals surface area contributed by atoms with Crippen molar-refractivity contribution in [2.24, 2.45) is 5.92 Å². The normalized spacial score (nSPS) is 26.1. The lowest BCUT2D eigenvalue weighted by molar-refractivity contribution is -0.144. The number of halogens is 1. The lowest BCUT2D eigenvalue weighted by atomic mass is 9.93. The number of rotatable bonds is 2. The number of pyridine rings is 1. The molecule has 0 spiro atoms. The van der Waals surface area contributed by atoms with Gasteiger partial charge in [-0.25, -0.2) is 4.98 Å². The predicted molar refractivity (Wildman–Crippen MR) is 86.2 cm³/mol. The van der Waals surface area contributed by atoms with Crippen LogP contribution in [0.5, 0.6) is 0 Å². The fourth-order valence-corrected chi connectivity index (χ4v) is 3.47. The van der Waals surface area contributed by atoms with E-state index in [0.29, 0.717) is 5.02 Å². The molecule has 6 heteroatoms. The van der Waals surface area contributed by atoms with Gasteiger partial charge in [0.2, 0.25) is 5.91 Å². The fourth-order valence-electron chi connectivity index (χ4n) is 3.23. The minimum Gasteiger partial charge on any atom is -0.378 e. The lowest BCUT2D eigenvalue weighted by Gasteiger charge is -2.39. The molecule has 1 aromatic rings. The largest absolute Gasteiger partial charge is 0.378 e. The highest BCUT2D eigenvalue weighted by Crippen LogP contribution is 2.26. The lowest BCUT2D eigenvalue weighted by Crippen LogP contribution is -2.52. The Morgan fingerprint density at radius 3 is 2.82 bits per heavy atom. The van der Waals surface area contributed by atoms with Crippen molar-refractivity contribution in [3.63, 3.8) is 0 Å². The molecule has 0 aromatic carbocycles. The van der Waals surface area contributed by atoms with Gasteiger partial charge in [-0.05, 0) is 31.9 Å². The van der Waals surface area contributed by atoms with Gasteiger partial charge in [0, 0.05) is 39.0 Å². The number of aromatic nitrogens is 1. The summed E-state index contributed by atoms with van der Waals surface area (Å²) >= 11 is 6.20. The molecule has 2 atom stereocenters. The van der Waals surface area contributed by atoms with Gasteiger partial charge in [-0.15, -0.1) is 0 Å². The van der Waals surface area contributed by atoms with Gasteiger partial charge in [-0.3, -0.25) is 4.79 Å². The van der Waals surface area contributed by atoms with Gasteiger partial charge in [0.15, 0.2) is 0 Å². The average Bonchev–Trinajstić information content (AvgIpc) is 2.55. The summed E-state index contributed by atoms with van der Waals surface area (Å²) in [7, 11) is 0. The van der Waals surface area contributed by atoms with E-state index in [1.165, 1.54) is 0 Å². The number of ether oxygens (including phenoxy) is 1. The second-order valence-corrected chi connectivity index (χ2v) is 6.35. The quantitative estimate of drug-likeness (QED) is 0.837. The number of carbonyl (C=O) groups is 1. The van der Waals surface area contributed by atoms with E-state index in [9.17, 15) is 4.79 Å². The Morgan fingerprint density at radius 2 is 2.14 bits per heavy atom. The monoisotopic (exact) mass is 323 g/mol. The first-order valence-corrected chi connectivity index (χ1v) is 8.30. The topological polar surface area (TPSA) is 45.7 Å². The van der Waals surface area contributed by atoms with Gasteiger partial charge >= 0.3 is 0 Å². The van der Waals surface area contributed by atoms with E-state index in [4.69, 9.17) is 16.3 Å². The number of amides is 1. The summed E-state index contributed by atoms with van der Waals surface area (Å²) in [5.74, 6) is 1.06. The molecule has 5 nitrogen and oxygen atoms in total. The minimum atomic E-state index is 0.0127. The van der Waals surface area contributed by atoms with Gasteiger partial charge in [0.1, 0.15) is 5.82 Å². The van der Waals surface area contributed by atoms with Crippen molar-refractivity contribution in [1.29, 1.82) is 0 Å². The van der Waals surface area contributed by atoms with E-state index in [1.54, 1.807) is 6.20 Å². The highest BCUT2D eigenvalue weighted by atomic mass is 35.5. The van der Waals surface area contributed by atoms with Crippen LogP contribution in [0.25, 0.3) is 0 Å². The molecule has 1 amide bonds. The summed E-state index contributed by atoms with van der Waals surface area (Å²) in [6.45, 7) is 5.75. The van der Waals surface area contributed by atoms with Crippen LogP contribution >= 0.6 is 11.6 Å². The van der Waals surface area contributed by atoms with Crippen LogP contribution in [0, 0.1) is 5.92 Å². The molecule has 1 aromatic heterocycles. The van der Waals surface area contributed by atoms with Crippen molar-refractivity contribution in [3.8, 4) is 0 Å². The third-order valence-corrected chi connectivity index (χ3v) is 4.85. The molecule has 2 aliphatic heterocycles. The van der Waals surface area contributed by atoms with Gasteiger partial charge in [0.05, 0.1) is 17.0 Å². The van der Waals surface area contributed by atoms with Crippen molar-refractivity contribution in [3.05, 3.63) is 23.4 Å². The second kappa shape index (κ2) is 6.84. The molecule has 0 N–H and O–H groups in total. The number of carbonyl (C=O) groups excluding carboxylic acids is 1. The Hall–Kier alpha value is -1.33. The first kappa shape index (κ1) is 15.6. The highest BCUT2D eigenvalue weighted by molar-refractivity contribution is 6.32. The second-order valence-electron chi connectivity index (χ2n) is 5.95. The maximum absolute atomic E-state index is 12.7. The van der Waals surface area contributed by atoms with Crippen LogP contribution in [0.4, 0.5) is 5.82 Å². The van der Waals surface area contributed by atoms with Crippen LogP contribution in [-0.2, 0) is 9.53 Å². The zero-order chi connectivity index (χ0) is 15.5. The Bertz CT molecular complexity index is 532. The van der Waals surface area contributed by atoms with Crippen molar-refractivity contribution in [2.45, 2.75) is 25.9 Å². The minimum absolute atomic E-state index is 0.0127. The molecule has 120 valence electrons. The van der Waals surface area contributed by atoms with Crippen LogP contribution in [-0.4, -0.2) is 54.7 Å². The first-order valence-electron chi connectivity index (χ1n) is 7.92. The Labute approximate surface area is 136 Å². The molecule has 0 radical (unpaired) electrons. The number of anilines is 1. The summed E-state index contributed by atoms with van der Waals surface area (Å²) in [5, 5.41) is 0.663. The van der Waals surface area contributed by atoms with Gasteiger partial charge in [-0.2, -0.15) is 0 Å². The summed E-state index contributed by atoms with van der Waals surface area (Å²) in [6, 6.07) is 3.68. The number of nitrogens with zero attached hydrogens (tertiary/aromatic N) is 3. The Kier molecular flexibility index (Phi) is 4.84. The van der Waals surface area contributed by atoms with E-state index in [1.807, 2.05) is 24.0 Å². The number of hydrogen-bond acceptors (Lipinski definition) is 4. The molecular weight excluding hydrogens is 302 g/mol. The van der Waals surface area contributed by atoms with E-state index < -0.39 is 0 Å². The summed E-state index contributed by atoms with van der Waals surface area (Å²) < 4.78 is 5.62. The van der Waals surface area contributed by atoms with Gasteiger partial charge in [-0.1, -0.05) is 11.6 Å². The van der Waals surface area contributed by atoms with E-state index in [-0.39, 0.29) is 17.9 Å². The molecule has 22 heavy (non-hydrogen) atoms. The van der Waals surface area contributed by atoms with E-state index >= 15 is 0 Å². The smallest absolute Gasteiger partial charge is 0.228 e. The van der Waals surface area contributed by atoms with Crippen LogP contribution in [0.1, 0.15) is 19.8 Å². The zero-order valence-corrected chi connectivity index (χ0v) is 13.6. The molecule has 2 fully saturated rings. The van der Waals surface area contributed by atoms with Crippen molar-refractivity contribution in [2.75, 3.05) is 37.7 Å². The number of piperazine rings is 1. The summed E-state index contributed by atoms with van der Waals surface area (Å²) in [6.07, 6.45) is 3.69. The van der Waals surface area contributed by atoms with E-state index in [0.717, 1.165) is 51.4 Å². The SMILES string of the molecule is C[C@@H]1OCCC[C@H]1C(=O)N1CCN(c2ncccc2Cl)CC1. The van der Waals surface area contributed by atoms with Crippen LogP contribution in [0.15, 0.2) is 18.3 Å². The average molecular weight is 324 g/mol. The molecule has 2 saturated heterocycles. The van der Waals surface area contributed by atoms with Crippen molar-refractivity contribution >= 4 is 23.3 Å². The Morgan fingerprint density at radius 1 is 1.36 bits per heavy atom. The molecule has 2 aliphatic rings. The molecule has 3 rings (SSSR count). The zero-order valence-electron chi connectivity index (χ0n) is 12.9. The van der Waals surface area contributed by atoms with Crippen molar-refractivity contribution in [1.82, 2.24) is 9.88 Å². The molecule has 0 bridgehead atoms. The summed E-state index contributed by atoms with van der Waals surface area (Å²) in [5.41, 5.74) is 0. The van der Waals surface area contributed by atoms with Crippen LogP contribution in [0.2, 0.25) is 5.02 Å². The molecule has 0 saturated carbocycles. The fraction of sp³-hybridized carbons (Fsp3) is 0.625. The third kappa shape index (κ3) is 3.20. The van der Waals surface area contributed by atoms with Crippen molar-refractivity contribution < 1.29 is 9.53 Å². The third-order valence-electron chi connectivity index (χ3n) is 4.55. The van der Waals surface area contributed by atoms with Gasteiger partial charge in [0.25, 0.3) is 0 Å². The maximum atomic E-state index is 12.7. The first-order chi connectivity index (χ1) is 10.7. The van der Waals surface area contributed by atoms with E-state index in [2.05, 4.69) is 9.88 Å².